The molecular formula is C28H26F3NO4. The smallest absolute Gasteiger partial charge is 0.417 e. The van der Waals surface area contributed by atoms with Crippen molar-refractivity contribution < 1.29 is 32.2 Å². The second kappa shape index (κ2) is 11.3. The van der Waals surface area contributed by atoms with Crippen LogP contribution in [0, 0.1) is 0 Å². The molecule has 188 valence electrons. The van der Waals surface area contributed by atoms with E-state index in [1.54, 1.807) is 54.6 Å². The number of rotatable bonds is 7. The molecule has 1 aliphatic rings. The summed E-state index contributed by atoms with van der Waals surface area (Å²) in [5.41, 5.74) is -0.663. The predicted molar refractivity (Wildman–Crippen MR) is 128 cm³/mol. The van der Waals surface area contributed by atoms with Crippen LogP contribution in [0.15, 0.2) is 72.8 Å². The van der Waals surface area contributed by atoms with Gasteiger partial charge in [-0.1, -0.05) is 60.7 Å². The second-order valence-corrected chi connectivity index (χ2v) is 8.58. The molecule has 0 spiro atoms. The lowest BCUT2D eigenvalue weighted by molar-refractivity contribution is -0.138. The van der Waals surface area contributed by atoms with Crippen LogP contribution in [0.4, 0.5) is 13.2 Å². The van der Waals surface area contributed by atoms with Gasteiger partial charge in [-0.05, 0) is 42.5 Å². The van der Waals surface area contributed by atoms with E-state index in [-0.39, 0.29) is 24.5 Å². The summed E-state index contributed by atoms with van der Waals surface area (Å²) in [4.78, 5) is 27.5. The molecule has 0 aliphatic carbocycles. The molecule has 0 aromatic heterocycles. The van der Waals surface area contributed by atoms with Crippen molar-refractivity contribution in [1.82, 2.24) is 4.90 Å². The molecule has 0 radical (unpaired) electrons. The zero-order valence-corrected chi connectivity index (χ0v) is 19.6. The van der Waals surface area contributed by atoms with Crippen molar-refractivity contribution in [3.05, 3.63) is 101 Å². The molecule has 1 saturated heterocycles. The molecule has 1 aliphatic heterocycles. The second-order valence-electron chi connectivity index (χ2n) is 8.58. The third-order valence-electron chi connectivity index (χ3n) is 5.97. The highest BCUT2D eigenvalue weighted by molar-refractivity contribution is 6.00. The summed E-state index contributed by atoms with van der Waals surface area (Å²) in [6.45, 7) is 0.657. The molecule has 4 rings (SSSR count). The lowest BCUT2D eigenvalue weighted by Gasteiger charge is -2.28. The third kappa shape index (κ3) is 6.24. The number of benzene rings is 3. The average molecular weight is 498 g/mol. The molecule has 1 amide bonds. The first-order valence-electron chi connectivity index (χ1n) is 11.8. The zero-order chi connectivity index (χ0) is 25.5. The van der Waals surface area contributed by atoms with E-state index in [0.29, 0.717) is 24.7 Å². The van der Waals surface area contributed by atoms with Crippen LogP contribution in [0.25, 0.3) is 0 Å². The summed E-state index contributed by atoms with van der Waals surface area (Å²) >= 11 is 0. The molecule has 5 nitrogen and oxygen atoms in total. The topological polar surface area (TPSA) is 55.8 Å². The number of amides is 1. The normalized spacial score (nSPS) is 13.8. The molecule has 8 heteroatoms. The minimum absolute atomic E-state index is 0.00249. The maximum absolute atomic E-state index is 14.1. The van der Waals surface area contributed by atoms with Gasteiger partial charge in [0.05, 0.1) is 11.1 Å². The van der Waals surface area contributed by atoms with Gasteiger partial charge < -0.3 is 14.4 Å². The van der Waals surface area contributed by atoms with E-state index in [1.807, 2.05) is 6.07 Å². The summed E-state index contributed by atoms with van der Waals surface area (Å²) in [7, 11) is 0. The average Bonchev–Trinajstić information content (AvgIpc) is 2.90. The molecule has 1 fully saturated rings. The number of carbonyl (C=O) groups excluding carboxylic acids is 2. The quantitative estimate of drug-likeness (QED) is 0.361. The van der Waals surface area contributed by atoms with Gasteiger partial charge in [0.25, 0.3) is 5.91 Å². The molecule has 1 heterocycles. The van der Waals surface area contributed by atoms with E-state index in [1.165, 1.54) is 4.90 Å². The first kappa shape index (κ1) is 25.3. The number of halogens is 3. The molecule has 0 saturated carbocycles. The first-order chi connectivity index (χ1) is 17.3. The van der Waals surface area contributed by atoms with Gasteiger partial charge >= 0.3 is 12.1 Å². The number of nitrogens with zero attached hydrogens (tertiary/aromatic N) is 1. The molecular weight excluding hydrogens is 471 g/mol. The van der Waals surface area contributed by atoms with Crippen molar-refractivity contribution in [3.8, 4) is 5.75 Å². The van der Waals surface area contributed by atoms with Crippen LogP contribution in [0.1, 0.15) is 56.7 Å². The summed E-state index contributed by atoms with van der Waals surface area (Å²) in [6, 6.07) is 19.5. The largest absolute Gasteiger partial charge is 0.488 e. The fraction of sp³-hybridized carbons (Fsp3) is 0.286. The fourth-order valence-electron chi connectivity index (χ4n) is 4.07. The Kier molecular flexibility index (Phi) is 7.93. The summed E-state index contributed by atoms with van der Waals surface area (Å²) < 4.78 is 53.4. The van der Waals surface area contributed by atoms with Crippen LogP contribution in [0.3, 0.4) is 0 Å². The zero-order valence-electron chi connectivity index (χ0n) is 19.6. The number of carbonyl (C=O) groups is 2. The number of esters is 1. The molecule has 3 aromatic carbocycles. The van der Waals surface area contributed by atoms with Crippen molar-refractivity contribution in [2.45, 2.75) is 38.7 Å². The van der Waals surface area contributed by atoms with E-state index in [4.69, 9.17) is 9.47 Å². The van der Waals surface area contributed by atoms with Gasteiger partial charge in [-0.3, -0.25) is 4.79 Å². The van der Waals surface area contributed by atoms with Crippen LogP contribution in [0.5, 0.6) is 5.75 Å². The lowest BCUT2D eigenvalue weighted by Crippen LogP contribution is -2.36. The molecule has 36 heavy (non-hydrogen) atoms. The van der Waals surface area contributed by atoms with Gasteiger partial charge in [-0.2, -0.15) is 13.2 Å². The Hall–Kier alpha value is -3.81. The Morgan fingerprint density at radius 1 is 0.778 bits per heavy atom. The lowest BCUT2D eigenvalue weighted by atomic mass is 9.99. The molecule has 0 N–H and O–H groups in total. The Balaban J connectivity index is 1.70. The minimum Gasteiger partial charge on any atom is -0.488 e. The molecule has 0 unspecified atom stereocenters. The molecule has 0 atom stereocenters. The Morgan fingerprint density at radius 2 is 1.36 bits per heavy atom. The number of ether oxygens (including phenoxy) is 2. The Morgan fingerprint density at radius 3 is 1.94 bits per heavy atom. The maximum Gasteiger partial charge on any atom is 0.417 e. The number of alkyl halides is 3. The third-order valence-corrected chi connectivity index (χ3v) is 5.97. The van der Waals surface area contributed by atoms with Gasteiger partial charge in [-0.25, -0.2) is 4.79 Å². The Bertz CT molecular complexity index is 1190. The van der Waals surface area contributed by atoms with Gasteiger partial charge in [0.2, 0.25) is 0 Å². The fourth-order valence-corrected chi connectivity index (χ4v) is 4.07. The highest BCUT2D eigenvalue weighted by Crippen LogP contribution is 2.37. The number of hydrogen-bond donors (Lipinski definition) is 0. The van der Waals surface area contributed by atoms with Crippen molar-refractivity contribution >= 4 is 11.9 Å². The van der Waals surface area contributed by atoms with E-state index < -0.39 is 29.2 Å². The summed E-state index contributed by atoms with van der Waals surface area (Å²) in [5.74, 6) is -1.83. The SMILES string of the molecule is O=C(OCc1ccccc1)c1cc(C(F)(F)F)c(C(=O)N2CCCCC2)cc1OCc1ccccc1. The maximum atomic E-state index is 14.1. The van der Waals surface area contributed by atoms with Crippen molar-refractivity contribution in [3.63, 3.8) is 0 Å². The van der Waals surface area contributed by atoms with E-state index in [0.717, 1.165) is 30.9 Å². The first-order valence-corrected chi connectivity index (χ1v) is 11.8. The van der Waals surface area contributed by atoms with Crippen LogP contribution in [-0.4, -0.2) is 29.9 Å². The monoisotopic (exact) mass is 497 g/mol. The van der Waals surface area contributed by atoms with Crippen LogP contribution in [0.2, 0.25) is 0 Å². The van der Waals surface area contributed by atoms with Crippen LogP contribution >= 0.6 is 0 Å². The van der Waals surface area contributed by atoms with Gasteiger partial charge in [-0.15, -0.1) is 0 Å². The Labute approximate surface area is 207 Å². The van der Waals surface area contributed by atoms with Gasteiger partial charge in [0.15, 0.2) is 0 Å². The van der Waals surface area contributed by atoms with E-state index in [9.17, 15) is 22.8 Å². The van der Waals surface area contributed by atoms with E-state index in [2.05, 4.69) is 0 Å². The highest BCUT2D eigenvalue weighted by Gasteiger charge is 2.38. The summed E-state index contributed by atoms with van der Waals surface area (Å²) in [6.07, 6.45) is -2.47. The van der Waals surface area contributed by atoms with Crippen LogP contribution in [-0.2, 0) is 24.1 Å². The van der Waals surface area contributed by atoms with E-state index >= 15 is 0 Å². The predicted octanol–water partition coefficient (Wildman–Crippen LogP) is 6.27. The summed E-state index contributed by atoms with van der Waals surface area (Å²) in [5, 5.41) is 0. The van der Waals surface area contributed by atoms with Crippen molar-refractivity contribution in [1.29, 1.82) is 0 Å². The van der Waals surface area contributed by atoms with Gasteiger partial charge in [0, 0.05) is 13.1 Å². The number of piperidine rings is 1. The number of hydrogen-bond acceptors (Lipinski definition) is 4. The molecule has 0 bridgehead atoms. The van der Waals surface area contributed by atoms with Crippen molar-refractivity contribution in [2.75, 3.05) is 13.1 Å². The highest BCUT2D eigenvalue weighted by atomic mass is 19.4. The number of likely N-dealkylation sites (tertiary alicyclic amines) is 1. The van der Waals surface area contributed by atoms with Crippen molar-refractivity contribution in [2.24, 2.45) is 0 Å². The standard InChI is InChI=1S/C28H26F3NO4/c29-28(30,31)24-16-23(27(34)36-19-21-12-6-2-7-13-21)25(35-18-20-10-4-1-5-11-20)17-22(24)26(33)32-14-8-3-9-15-32/h1-2,4-7,10-13,16-17H,3,8-9,14-15,18-19H2. The van der Waals surface area contributed by atoms with Crippen LogP contribution < -0.4 is 4.74 Å². The van der Waals surface area contributed by atoms with Gasteiger partial charge in [0.1, 0.15) is 24.5 Å². The minimum atomic E-state index is -4.85. The molecule has 3 aromatic rings.